The van der Waals surface area contributed by atoms with Crippen molar-refractivity contribution in [3.05, 3.63) is 35.4 Å². The highest BCUT2D eigenvalue weighted by Gasteiger charge is 2.40. The number of unbranched alkanes of at least 4 members (excludes halogenated alkanes) is 2. The molecule has 1 saturated carbocycles. The first kappa shape index (κ1) is 22.9. The lowest BCUT2D eigenvalue weighted by Gasteiger charge is -2.42. The lowest BCUT2D eigenvalue weighted by atomic mass is 9.73. The Balaban J connectivity index is 1.39. The highest BCUT2D eigenvalue weighted by molar-refractivity contribution is 6.73. The third-order valence-corrected chi connectivity index (χ3v) is 12.5. The maximum absolute atomic E-state index is 13.4. The topological polar surface area (TPSA) is 9.23 Å². The lowest BCUT2D eigenvalue weighted by Crippen LogP contribution is -2.42. The fraction of sp³-hybridized carbons (Fsp3) is 0.760. The number of rotatable bonds is 9. The molecule has 1 aliphatic carbocycles. The molecule has 1 heterocycles. The summed E-state index contributed by atoms with van der Waals surface area (Å²) in [5, 5.41) is 0. The molecule has 1 saturated heterocycles. The van der Waals surface area contributed by atoms with Gasteiger partial charge in [0.05, 0.1) is 0 Å². The molecule has 0 N–H and O–H groups in total. The maximum Gasteiger partial charge on any atom is 0.192 e. The molecule has 1 aromatic carbocycles. The van der Waals surface area contributed by atoms with E-state index in [4.69, 9.17) is 4.43 Å². The van der Waals surface area contributed by atoms with Crippen molar-refractivity contribution in [3.63, 3.8) is 0 Å². The van der Waals surface area contributed by atoms with Gasteiger partial charge < -0.3 is 4.43 Å². The summed E-state index contributed by atoms with van der Waals surface area (Å²) in [7, 11) is 0.554. The van der Waals surface area contributed by atoms with Gasteiger partial charge in [-0.2, -0.15) is 0 Å². The van der Waals surface area contributed by atoms with Gasteiger partial charge in [0.15, 0.2) is 20.0 Å². The summed E-state index contributed by atoms with van der Waals surface area (Å²) in [5.74, 6) is 1.13. The number of benzene rings is 1. The van der Waals surface area contributed by atoms with Crippen LogP contribution in [-0.4, -0.2) is 15.4 Å². The van der Waals surface area contributed by atoms with Gasteiger partial charge in [0, 0.05) is 7.11 Å². The molecule has 0 amide bonds. The second-order valence-corrected chi connectivity index (χ2v) is 14.0. The normalized spacial score (nSPS) is 30.4. The first-order valence-electron chi connectivity index (χ1n) is 12.0. The van der Waals surface area contributed by atoms with Gasteiger partial charge in [-0.15, -0.1) is 0 Å². The van der Waals surface area contributed by atoms with Crippen LogP contribution in [0.3, 0.4) is 0 Å². The predicted octanol–water partition coefficient (Wildman–Crippen LogP) is 7.90. The van der Waals surface area contributed by atoms with Crippen molar-refractivity contribution in [2.45, 2.75) is 95.7 Å². The Hall–Kier alpha value is -0.743. The SMILES string of the molecule is CCCCC[Si@]1(OC)CC[C@@H](C2CCC(CCc3ccc(F)c(F)c3)CC2)CC1. The Morgan fingerprint density at radius 1 is 0.931 bits per heavy atom. The van der Waals surface area contributed by atoms with Gasteiger partial charge in [-0.05, 0) is 79.3 Å². The Bertz CT molecular complexity index is 619. The molecule has 29 heavy (non-hydrogen) atoms. The lowest BCUT2D eigenvalue weighted by molar-refractivity contribution is 0.180. The van der Waals surface area contributed by atoms with Crippen molar-refractivity contribution in [2.24, 2.45) is 17.8 Å². The Morgan fingerprint density at radius 2 is 1.62 bits per heavy atom. The molecular formula is C25H40F2OSi. The number of hydrogen-bond acceptors (Lipinski definition) is 1. The van der Waals surface area contributed by atoms with E-state index in [9.17, 15) is 8.78 Å². The van der Waals surface area contributed by atoms with Crippen molar-refractivity contribution < 1.29 is 13.2 Å². The largest absolute Gasteiger partial charge is 0.420 e. The Kier molecular flexibility index (Phi) is 8.73. The van der Waals surface area contributed by atoms with Crippen molar-refractivity contribution in [1.82, 2.24) is 0 Å². The van der Waals surface area contributed by atoms with Crippen LogP contribution in [0.25, 0.3) is 0 Å². The van der Waals surface area contributed by atoms with Crippen molar-refractivity contribution >= 4 is 8.32 Å². The van der Waals surface area contributed by atoms with E-state index in [-0.39, 0.29) is 0 Å². The highest BCUT2D eigenvalue weighted by atomic mass is 28.4. The standard InChI is InChI=1S/C25H40F2OSi/c1-3-4-5-16-29(28-2)17-14-23(15-18-29)22-11-8-20(9-12-22)6-7-21-10-13-24(26)25(27)19-21/h10,13,19-20,22-23H,3-9,11-12,14-18H2,1-2H3/t20?,22?,23-,29+. The van der Waals surface area contributed by atoms with Crippen LogP contribution in [0, 0.1) is 29.4 Å². The molecule has 4 heteroatoms. The fourth-order valence-electron chi connectivity index (χ4n) is 5.91. The minimum absolute atomic E-state index is 0.714. The van der Waals surface area contributed by atoms with E-state index < -0.39 is 20.0 Å². The fourth-order valence-corrected chi connectivity index (χ4v) is 9.96. The van der Waals surface area contributed by atoms with Crippen molar-refractivity contribution in [3.8, 4) is 0 Å². The van der Waals surface area contributed by atoms with Crippen LogP contribution in [-0.2, 0) is 10.8 Å². The van der Waals surface area contributed by atoms with Crippen LogP contribution < -0.4 is 0 Å². The van der Waals surface area contributed by atoms with Crippen LogP contribution in [0.1, 0.15) is 76.7 Å². The number of halogens is 2. The van der Waals surface area contributed by atoms with Gasteiger partial charge in [-0.3, -0.25) is 0 Å². The molecule has 0 radical (unpaired) electrons. The Morgan fingerprint density at radius 3 is 2.24 bits per heavy atom. The molecule has 0 aromatic heterocycles. The van der Waals surface area contributed by atoms with Crippen molar-refractivity contribution in [1.29, 1.82) is 0 Å². The first-order chi connectivity index (χ1) is 14.0. The molecule has 1 aliphatic heterocycles. The summed E-state index contributed by atoms with van der Waals surface area (Å²) >= 11 is 0. The van der Waals surface area contributed by atoms with E-state index in [1.807, 2.05) is 7.11 Å². The van der Waals surface area contributed by atoms with E-state index in [0.29, 0.717) is 0 Å². The highest BCUT2D eigenvalue weighted by Crippen LogP contribution is 2.45. The second kappa shape index (κ2) is 11.0. The smallest absolute Gasteiger partial charge is 0.192 e. The van der Waals surface area contributed by atoms with E-state index in [1.54, 1.807) is 6.07 Å². The van der Waals surface area contributed by atoms with Crippen LogP contribution in [0.4, 0.5) is 8.78 Å². The van der Waals surface area contributed by atoms with E-state index in [0.717, 1.165) is 36.2 Å². The third kappa shape index (κ3) is 6.37. The zero-order chi connectivity index (χ0) is 20.7. The third-order valence-electron chi connectivity index (χ3n) is 7.99. The summed E-state index contributed by atoms with van der Waals surface area (Å²) < 4.78 is 32.6. The van der Waals surface area contributed by atoms with E-state index in [2.05, 4.69) is 6.92 Å². The predicted molar refractivity (Wildman–Crippen MR) is 120 cm³/mol. The van der Waals surface area contributed by atoms with Crippen LogP contribution in [0.15, 0.2) is 18.2 Å². The Labute approximate surface area is 177 Å². The average molecular weight is 423 g/mol. The molecular weight excluding hydrogens is 382 g/mol. The molecule has 0 unspecified atom stereocenters. The molecule has 1 aromatic rings. The van der Waals surface area contributed by atoms with E-state index >= 15 is 0 Å². The van der Waals surface area contributed by atoms with Gasteiger partial charge in [-0.25, -0.2) is 8.78 Å². The molecule has 0 spiro atoms. The number of hydrogen-bond donors (Lipinski definition) is 0. The van der Waals surface area contributed by atoms with Gasteiger partial charge in [0.25, 0.3) is 0 Å². The van der Waals surface area contributed by atoms with E-state index in [1.165, 1.54) is 88.1 Å². The quantitative estimate of drug-likeness (QED) is 0.290. The molecule has 2 fully saturated rings. The molecule has 0 bridgehead atoms. The second-order valence-electron chi connectivity index (χ2n) is 9.75. The van der Waals surface area contributed by atoms with Gasteiger partial charge in [0.1, 0.15) is 0 Å². The summed E-state index contributed by atoms with van der Waals surface area (Å²) in [4.78, 5) is 0. The summed E-state index contributed by atoms with van der Waals surface area (Å²) in [6.07, 6.45) is 14.2. The summed E-state index contributed by atoms with van der Waals surface area (Å²) in [6.45, 7) is 2.28. The minimum atomic E-state index is -1.43. The van der Waals surface area contributed by atoms with Crippen LogP contribution in [0.2, 0.25) is 18.1 Å². The average Bonchev–Trinajstić information content (AvgIpc) is 2.76. The molecule has 1 nitrogen and oxygen atoms in total. The van der Waals surface area contributed by atoms with Crippen LogP contribution in [0.5, 0.6) is 0 Å². The minimum Gasteiger partial charge on any atom is -0.420 e. The zero-order valence-electron chi connectivity index (χ0n) is 18.5. The van der Waals surface area contributed by atoms with Crippen molar-refractivity contribution in [2.75, 3.05) is 7.11 Å². The maximum atomic E-state index is 13.4. The zero-order valence-corrected chi connectivity index (χ0v) is 19.5. The molecule has 0 atom stereocenters. The summed E-state index contributed by atoms with van der Waals surface area (Å²) in [6, 6.07) is 8.51. The monoisotopic (exact) mass is 422 g/mol. The molecule has 3 rings (SSSR count). The number of aryl methyl sites for hydroxylation is 1. The first-order valence-corrected chi connectivity index (χ1v) is 14.6. The van der Waals surface area contributed by atoms with Gasteiger partial charge in [-0.1, -0.05) is 57.9 Å². The molecule has 164 valence electrons. The molecule has 2 aliphatic rings. The van der Waals surface area contributed by atoms with Crippen LogP contribution >= 0.6 is 0 Å². The summed E-state index contributed by atoms with van der Waals surface area (Å²) in [5.41, 5.74) is 0.933. The van der Waals surface area contributed by atoms with Gasteiger partial charge in [0.2, 0.25) is 0 Å². The van der Waals surface area contributed by atoms with Gasteiger partial charge >= 0.3 is 0 Å².